The predicted molar refractivity (Wildman–Crippen MR) is 64.8 cm³/mol. The van der Waals surface area contributed by atoms with Gasteiger partial charge in [-0.25, -0.2) is 0 Å². The molecule has 1 rings (SSSR count). The lowest BCUT2D eigenvalue weighted by molar-refractivity contribution is -0.138. The molecule has 1 aromatic rings. The first kappa shape index (κ1) is 13.8. The molecule has 1 aromatic carbocycles. The maximum atomic E-state index is 10.2. The van der Waals surface area contributed by atoms with Crippen molar-refractivity contribution in [2.75, 3.05) is 19.8 Å². The van der Waals surface area contributed by atoms with Crippen LogP contribution in [-0.4, -0.2) is 30.9 Å². The van der Waals surface area contributed by atoms with Gasteiger partial charge in [0.15, 0.2) is 0 Å². The maximum Gasteiger partial charge on any atom is 0.305 e. The molecular weight excluding hydrogens is 244 g/mol. The fourth-order valence-electron chi connectivity index (χ4n) is 1.20. The number of halogens is 1. The number of aliphatic carboxylic acids is 1. The third-order valence-electron chi connectivity index (χ3n) is 2.10. The Bertz CT molecular complexity index is 379. The zero-order valence-corrected chi connectivity index (χ0v) is 10.4. The van der Waals surface area contributed by atoms with E-state index >= 15 is 0 Å². The number of carbonyl (C=O) groups is 1. The summed E-state index contributed by atoms with van der Waals surface area (Å²) in [7, 11) is 0. The number of aryl methyl sites for hydroxylation is 1. The summed E-state index contributed by atoms with van der Waals surface area (Å²) in [6.45, 7) is 2.79. The molecule has 0 saturated carbocycles. The Morgan fingerprint density at radius 2 is 2.12 bits per heavy atom. The first-order valence-electron chi connectivity index (χ1n) is 5.28. The number of rotatable bonds is 7. The number of hydrogen-bond donors (Lipinski definition) is 1. The van der Waals surface area contributed by atoms with Gasteiger partial charge in [-0.15, -0.1) is 0 Å². The van der Waals surface area contributed by atoms with E-state index in [9.17, 15) is 4.79 Å². The van der Waals surface area contributed by atoms with Gasteiger partial charge in [0, 0.05) is 0 Å². The van der Waals surface area contributed by atoms with Crippen LogP contribution in [0.1, 0.15) is 12.0 Å². The van der Waals surface area contributed by atoms with Crippen LogP contribution in [0.5, 0.6) is 5.75 Å². The summed E-state index contributed by atoms with van der Waals surface area (Å²) in [5.74, 6) is -0.249. The van der Waals surface area contributed by atoms with Crippen molar-refractivity contribution < 1.29 is 19.4 Å². The van der Waals surface area contributed by atoms with Crippen LogP contribution >= 0.6 is 11.6 Å². The molecule has 0 spiro atoms. The summed E-state index contributed by atoms with van der Waals surface area (Å²) in [5.41, 5.74) is 0.955. The van der Waals surface area contributed by atoms with Gasteiger partial charge in [-0.05, 0) is 18.6 Å². The zero-order chi connectivity index (χ0) is 12.7. The second-order valence-electron chi connectivity index (χ2n) is 3.49. The number of hydrogen-bond acceptors (Lipinski definition) is 3. The highest BCUT2D eigenvalue weighted by Gasteiger charge is 2.03. The Morgan fingerprint density at radius 3 is 2.82 bits per heavy atom. The maximum absolute atomic E-state index is 10.2. The highest BCUT2D eigenvalue weighted by molar-refractivity contribution is 6.32. The molecule has 0 aliphatic carbocycles. The third-order valence-corrected chi connectivity index (χ3v) is 2.59. The summed E-state index contributed by atoms with van der Waals surface area (Å²) in [5, 5.41) is 8.98. The standard InChI is InChI=1S/C12H15ClO4/c1-9-3-2-4-10(12(9)13)17-8-7-16-6-5-11(14)15/h2-4H,5-8H2,1H3,(H,14,15). The van der Waals surface area contributed by atoms with Gasteiger partial charge in [-0.2, -0.15) is 0 Å². The van der Waals surface area contributed by atoms with Crippen molar-refractivity contribution in [2.24, 2.45) is 0 Å². The van der Waals surface area contributed by atoms with Gasteiger partial charge < -0.3 is 14.6 Å². The van der Waals surface area contributed by atoms with Gasteiger partial charge in [0.2, 0.25) is 0 Å². The van der Waals surface area contributed by atoms with Crippen LogP contribution in [0.15, 0.2) is 18.2 Å². The Kier molecular flexibility index (Phi) is 5.80. The molecule has 0 aliphatic heterocycles. The van der Waals surface area contributed by atoms with Gasteiger partial charge in [0.25, 0.3) is 0 Å². The van der Waals surface area contributed by atoms with E-state index in [1.54, 1.807) is 6.07 Å². The summed E-state index contributed by atoms with van der Waals surface area (Å²) in [4.78, 5) is 10.2. The summed E-state index contributed by atoms with van der Waals surface area (Å²) >= 11 is 6.03. The molecule has 94 valence electrons. The van der Waals surface area contributed by atoms with Gasteiger partial charge in [-0.3, -0.25) is 4.79 Å². The minimum Gasteiger partial charge on any atom is -0.490 e. The van der Waals surface area contributed by atoms with Crippen molar-refractivity contribution in [2.45, 2.75) is 13.3 Å². The average molecular weight is 259 g/mol. The van der Waals surface area contributed by atoms with Crippen LogP contribution < -0.4 is 4.74 Å². The minimum absolute atomic E-state index is 0.00516. The van der Waals surface area contributed by atoms with Crippen molar-refractivity contribution in [3.8, 4) is 5.75 Å². The van der Waals surface area contributed by atoms with E-state index in [1.807, 2.05) is 19.1 Å². The molecule has 5 heteroatoms. The Balaban J connectivity index is 2.22. The highest BCUT2D eigenvalue weighted by Crippen LogP contribution is 2.27. The van der Waals surface area contributed by atoms with E-state index < -0.39 is 5.97 Å². The second kappa shape index (κ2) is 7.14. The van der Waals surface area contributed by atoms with Crippen molar-refractivity contribution in [3.05, 3.63) is 28.8 Å². The Hall–Kier alpha value is -1.26. The summed E-state index contributed by atoms with van der Waals surface area (Å²) < 4.78 is 10.5. The van der Waals surface area contributed by atoms with Gasteiger partial charge in [-0.1, -0.05) is 23.7 Å². The number of ether oxygens (including phenoxy) is 2. The normalized spacial score (nSPS) is 10.2. The molecule has 0 saturated heterocycles. The monoisotopic (exact) mass is 258 g/mol. The SMILES string of the molecule is Cc1cccc(OCCOCCC(=O)O)c1Cl. The molecule has 0 bridgehead atoms. The smallest absolute Gasteiger partial charge is 0.305 e. The van der Waals surface area contributed by atoms with E-state index in [2.05, 4.69) is 0 Å². The fourth-order valence-corrected chi connectivity index (χ4v) is 1.38. The van der Waals surface area contributed by atoms with Crippen LogP contribution in [0.3, 0.4) is 0 Å². The third kappa shape index (κ3) is 5.06. The van der Waals surface area contributed by atoms with Gasteiger partial charge in [0.1, 0.15) is 12.4 Å². The summed E-state index contributed by atoms with van der Waals surface area (Å²) in [6, 6.07) is 5.55. The predicted octanol–water partition coefficient (Wildman–Crippen LogP) is 2.52. The molecule has 0 atom stereocenters. The average Bonchev–Trinajstić information content (AvgIpc) is 2.28. The zero-order valence-electron chi connectivity index (χ0n) is 9.61. The van der Waals surface area contributed by atoms with Crippen molar-refractivity contribution in [3.63, 3.8) is 0 Å². The van der Waals surface area contributed by atoms with E-state index in [-0.39, 0.29) is 13.0 Å². The first-order chi connectivity index (χ1) is 8.11. The molecule has 1 N–H and O–H groups in total. The first-order valence-corrected chi connectivity index (χ1v) is 5.66. The molecule has 0 unspecified atom stereocenters. The molecule has 0 amide bonds. The van der Waals surface area contributed by atoms with Crippen LogP contribution in [0.4, 0.5) is 0 Å². The van der Waals surface area contributed by atoms with Crippen LogP contribution in [-0.2, 0) is 9.53 Å². The minimum atomic E-state index is -0.868. The quantitative estimate of drug-likeness (QED) is 0.764. The lowest BCUT2D eigenvalue weighted by Crippen LogP contribution is -2.10. The fraction of sp³-hybridized carbons (Fsp3) is 0.417. The molecule has 0 radical (unpaired) electrons. The number of carboxylic acids is 1. The van der Waals surface area contributed by atoms with Gasteiger partial charge >= 0.3 is 5.97 Å². The lowest BCUT2D eigenvalue weighted by Gasteiger charge is -2.09. The molecular formula is C12H15ClO4. The number of benzene rings is 1. The molecule has 0 fully saturated rings. The van der Waals surface area contributed by atoms with E-state index in [0.29, 0.717) is 24.0 Å². The van der Waals surface area contributed by atoms with E-state index in [0.717, 1.165) is 5.56 Å². The van der Waals surface area contributed by atoms with Crippen molar-refractivity contribution in [1.29, 1.82) is 0 Å². The molecule has 0 aromatic heterocycles. The highest BCUT2D eigenvalue weighted by atomic mass is 35.5. The molecule has 0 aliphatic rings. The second-order valence-corrected chi connectivity index (χ2v) is 3.87. The van der Waals surface area contributed by atoms with E-state index in [4.69, 9.17) is 26.2 Å². The van der Waals surface area contributed by atoms with Crippen LogP contribution in [0.2, 0.25) is 5.02 Å². The lowest BCUT2D eigenvalue weighted by atomic mass is 10.2. The number of carboxylic acid groups (broad SMARTS) is 1. The topological polar surface area (TPSA) is 55.8 Å². The summed E-state index contributed by atoms with van der Waals surface area (Å²) in [6.07, 6.45) is 0.00516. The largest absolute Gasteiger partial charge is 0.490 e. The van der Waals surface area contributed by atoms with Crippen LogP contribution in [0, 0.1) is 6.92 Å². The molecule has 17 heavy (non-hydrogen) atoms. The van der Waals surface area contributed by atoms with Gasteiger partial charge in [0.05, 0.1) is 24.7 Å². The van der Waals surface area contributed by atoms with Crippen molar-refractivity contribution >= 4 is 17.6 Å². The Labute approximate surface area is 105 Å². The van der Waals surface area contributed by atoms with Crippen LogP contribution in [0.25, 0.3) is 0 Å². The van der Waals surface area contributed by atoms with E-state index in [1.165, 1.54) is 0 Å². The van der Waals surface area contributed by atoms with Crippen molar-refractivity contribution in [1.82, 2.24) is 0 Å². The molecule has 0 heterocycles. The Morgan fingerprint density at radius 1 is 1.35 bits per heavy atom. The molecule has 4 nitrogen and oxygen atoms in total.